The Bertz CT molecular complexity index is 1330. The van der Waals surface area contributed by atoms with Crippen LogP contribution in [0.4, 0.5) is 5.69 Å². The van der Waals surface area contributed by atoms with Crippen molar-refractivity contribution in [3.8, 4) is 0 Å². The van der Waals surface area contributed by atoms with Gasteiger partial charge in [-0.15, -0.1) is 0 Å². The number of imidazole rings is 1. The number of benzene rings is 1. The van der Waals surface area contributed by atoms with Crippen LogP contribution in [0.5, 0.6) is 0 Å². The van der Waals surface area contributed by atoms with Crippen molar-refractivity contribution >= 4 is 44.1 Å². The second-order valence-electron chi connectivity index (χ2n) is 8.45. The van der Waals surface area contributed by atoms with E-state index in [1.54, 1.807) is 29.4 Å². The van der Waals surface area contributed by atoms with E-state index in [1.807, 2.05) is 16.7 Å². The summed E-state index contributed by atoms with van der Waals surface area (Å²) in [6.07, 6.45) is 5.72. The van der Waals surface area contributed by atoms with Gasteiger partial charge in [0, 0.05) is 11.2 Å². The van der Waals surface area contributed by atoms with E-state index < -0.39 is 15.3 Å². The minimum atomic E-state index is -3.08. The van der Waals surface area contributed by atoms with Crippen molar-refractivity contribution in [3.63, 3.8) is 0 Å². The predicted molar refractivity (Wildman–Crippen MR) is 113 cm³/mol. The Morgan fingerprint density at radius 2 is 2.07 bits per heavy atom. The van der Waals surface area contributed by atoms with Crippen LogP contribution in [0.25, 0.3) is 11.0 Å². The molecule has 2 aromatic heterocycles. The summed E-state index contributed by atoms with van der Waals surface area (Å²) in [4.78, 5) is 24.1. The van der Waals surface area contributed by atoms with Crippen molar-refractivity contribution < 1.29 is 13.2 Å². The first-order valence-electron chi connectivity index (χ1n) is 10.0. The number of anilines is 1. The van der Waals surface area contributed by atoms with E-state index in [-0.39, 0.29) is 30.0 Å². The van der Waals surface area contributed by atoms with Gasteiger partial charge in [0.05, 0.1) is 52.4 Å². The third kappa shape index (κ3) is 2.56. The van der Waals surface area contributed by atoms with Crippen molar-refractivity contribution in [3.05, 3.63) is 53.1 Å². The first-order valence-corrected chi connectivity index (χ1v) is 12.2. The van der Waals surface area contributed by atoms with Gasteiger partial charge in [-0.1, -0.05) is 11.6 Å². The van der Waals surface area contributed by atoms with Crippen molar-refractivity contribution in [1.29, 1.82) is 0 Å². The number of fused-ring (bicyclic) bond motifs is 3. The topological polar surface area (TPSA) is 85.2 Å². The Kier molecular flexibility index (Phi) is 3.69. The molecule has 1 aromatic carbocycles. The second-order valence-corrected chi connectivity index (χ2v) is 11.1. The molecule has 0 unspecified atom stereocenters. The molecule has 3 aliphatic rings. The first kappa shape index (κ1) is 18.3. The summed E-state index contributed by atoms with van der Waals surface area (Å²) < 4.78 is 26.3. The number of rotatable bonds is 3. The molecule has 1 spiro atoms. The highest BCUT2D eigenvalue weighted by atomic mass is 35.5. The molecule has 4 heterocycles. The van der Waals surface area contributed by atoms with Crippen LogP contribution in [0.2, 0.25) is 5.02 Å². The molecule has 2 aliphatic heterocycles. The van der Waals surface area contributed by atoms with E-state index in [9.17, 15) is 13.2 Å². The zero-order valence-electron chi connectivity index (χ0n) is 16.1. The van der Waals surface area contributed by atoms with Crippen molar-refractivity contribution in [2.45, 2.75) is 37.3 Å². The lowest BCUT2D eigenvalue weighted by Gasteiger charge is -2.21. The number of carbonyl (C=O) groups is 1. The standard InChI is InChI=1S/C21H19ClN4O3S/c22-13-1-2-17-16(9-13)24-19(26(17)14-4-8-30(28,29)12-14)11-25-18-10-23-7-3-15(18)21(5-6-21)20(25)27/h1-3,7,9-10,14H,4-6,8,11-12H2/t14-/m0/s1. The average Bonchev–Trinajstić information content (AvgIpc) is 3.27. The molecular formula is C21H19ClN4O3S. The average molecular weight is 443 g/mol. The minimum absolute atomic E-state index is 0.0844. The molecule has 0 bridgehead atoms. The largest absolute Gasteiger partial charge is 0.322 e. The molecule has 154 valence electrons. The third-order valence-corrected chi connectivity index (χ3v) is 8.59. The van der Waals surface area contributed by atoms with Gasteiger partial charge in [-0.2, -0.15) is 0 Å². The first-order chi connectivity index (χ1) is 14.4. The van der Waals surface area contributed by atoms with E-state index in [0.717, 1.165) is 29.6 Å². The van der Waals surface area contributed by atoms with Crippen molar-refractivity contribution in [2.75, 3.05) is 16.4 Å². The van der Waals surface area contributed by atoms with E-state index in [0.29, 0.717) is 22.8 Å². The minimum Gasteiger partial charge on any atom is -0.322 e. The lowest BCUT2D eigenvalue weighted by Crippen LogP contribution is -2.33. The highest BCUT2D eigenvalue weighted by Crippen LogP contribution is 2.57. The van der Waals surface area contributed by atoms with Crippen LogP contribution in [0.1, 0.15) is 36.7 Å². The molecule has 30 heavy (non-hydrogen) atoms. The maximum absolute atomic E-state index is 13.3. The van der Waals surface area contributed by atoms with Crippen LogP contribution in [0.3, 0.4) is 0 Å². The molecule has 3 aromatic rings. The number of halogens is 1. The molecule has 2 fully saturated rings. The zero-order chi connectivity index (χ0) is 20.7. The summed E-state index contributed by atoms with van der Waals surface area (Å²) in [7, 11) is -3.08. The van der Waals surface area contributed by atoms with E-state index >= 15 is 0 Å². The summed E-state index contributed by atoms with van der Waals surface area (Å²) in [5.74, 6) is 1.02. The second kappa shape index (κ2) is 6.04. The summed E-state index contributed by atoms with van der Waals surface area (Å²) in [6.45, 7) is 0.280. The maximum Gasteiger partial charge on any atom is 0.238 e. The zero-order valence-corrected chi connectivity index (χ0v) is 17.7. The molecular weight excluding hydrogens is 424 g/mol. The summed E-state index contributed by atoms with van der Waals surface area (Å²) in [5.41, 5.74) is 3.01. The fraction of sp³-hybridized carbons (Fsp3) is 0.381. The molecule has 1 amide bonds. The normalized spacial score (nSPS) is 23.4. The molecule has 0 radical (unpaired) electrons. The van der Waals surface area contributed by atoms with Gasteiger partial charge in [-0.25, -0.2) is 13.4 Å². The van der Waals surface area contributed by atoms with Crippen LogP contribution in [0, 0.1) is 0 Å². The Morgan fingerprint density at radius 3 is 2.80 bits per heavy atom. The van der Waals surface area contributed by atoms with Gasteiger partial charge < -0.3 is 9.47 Å². The lowest BCUT2D eigenvalue weighted by atomic mass is 9.99. The third-order valence-electron chi connectivity index (χ3n) is 6.61. The van der Waals surface area contributed by atoms with Crippen LogP contribution in [-0.4, -0.2) is 40.4 Å². The van der Waals surface area contributed by atoms with Crippen molar-refractivity contribution in [2.24, 2.45) is 0 Å². The predicted octanol–water partition coefficient (Wildman–Crippen LogP) is 3.02. The highest BCUT2D eigenvalue weighted by Gasteiger charge is 2.59. The molecule has 1 atom stereocenters. The van der Waals surface area contributed by atoms with Gasteiger partial charge in [-0.3, -0.25) is 9.78 Å². The monoisotopic (exact) mass is 442 g/mol. The molecule has 6 rings (SSSR count). The van der Waals surface area contributed by atoms with E-state index in [1.165, 1.54) is 0 Å². The molecule has 1 saturated carbocycles. The van der Waals surface area contributed by atoms with E-state index in [4.69, 9.17) is 16.6 Å². The number of aromatic nitrogens is 3. The summed E-state index contributed by atoms with van der Waals surface area (Å²) in [5, 5.41) is 0.571. The molecule has 7 nitrogen and oxygen atoms in total. The van der Waals surface area contributed by atoms with Gasteiger partial charge in [0.15, 0.2) is 9.84 Å². The number of pyridine rings is 1. The van der Waals surface area contributed by atoms with Gasteiger partial charge in [0.1, 0.15) is 5.82 Å². The Balaban J connectivity index is 1.47. The molecule has 9 heteroatoms. The van der Waals surface area contributed by atoms with Gasteiger partial charge in [-0.05, 0) is 49.1 Å². The van der Waals surface area contributed by atoms with E-state index in [2.05, 4.69) is 4.98 Å². The number of nitrogens with zero attached hydrogens (tertiary/aromatic N) is 4. The van der Waals surface area contributed by atoms with Crippen LogP contribution < -0.4 is 4.90 Å². The van der Waals surface area contributed by atoms with Crippen molar-refractivity contribution in [1.82, 2.24) is 14.5 Å². The number of amides is 1. The maximum atomic E-state index is 13.3. The molecule has 1 aliphatic carbocycles. The molecule has 1 saturated heterocycles. The molecule has 0 N–H and O–H groups in total. The Labute approximate surface area is 178 Å². The highest BCUT2D eigenvalue weighted by molar-refractivity contribution is 7.91. The number of hydrogen-bond donors (Lipinski definition) is 0. The Hall–Kier alpha value is -2.45. The van der Waals surface area contributed by atoms with Crippen LogP contribution >= 0.6 is 11.6 Å². The lowest BCUT2D eigenvalue weighted by molar-refractivity contribution is -0.120. The number of sulfone groups is 1. The van der Waals surface area contributed by atoms with Gasteiger partial charge in [0.25, 0.3) is 0 Å². The fourth-order valence-corrected chi connectivity index (χ4v) is 6.88. The smallest absolute Gasteiger partial charge is 0.238 e. The van der Waals surface area contributed by atoms with Gasteiger partial charge >= 0.3 is 0 Å². The number of hydrogen-bond acceptors (Lipinski definition) is 5. The quantitative estimate of drug-likeness (QED) is 0.622. The van der Waals surface area contributed by atoms with Gasteiger partial charge in [0.2, 0.25) is 5.91 Å². The number of carbonyl (C=O) groups excluding carboxylic acids is 1. The Morgan fingerprint density at radius 1 is 1.23 bits per heavy atom. The fourth-order valence-electron chi connectivity index (χ4n) is 5.02. The SMILES string of the molecule is O=C1N(Cc2nc3cc(Cl)ccc3n2[C@H]2CCS(=O)(=O)C2)c2cnccc2C12CC2. The summed E-state index contributed by atoms with van der Waals surface area (Å²) in [6, 6.07) is 7.19. The van der Waals surface area contributed by atoms with Crippen LogP contribution in [-0.2, 0) is 26.6 Å². The van der Waals surface area contributed by atoms with Crippen LogP contribution in [0.15, 0.2) is 36.7 Å². The summed E-state index contributed by atoms with van der Waals surface area (Å²) >= 11 is 6.17.